The molecule has 0 atom stereocenters. The first kappa shape index (κ1) is 23.1. The Morgan fingerprint density at radius 3 is 2.38 bits per heavy atom. The third kappa shape index (κ3) is 9.22. The van der Waals surface area contributed by atoms with Crippen LogP contribution in [0.15, 0.2) is 47.5 Å². The van der Waals surface area contributed by atoms with E-state index < -0.39 is 12.1 Å². The van der Waals surface area contributed by atoms with Crippen LogP contribution in [0.4, 0.5) is 13.2 Å². The van der Waals surface area contributed by atoms with Crippen LogP contribution in [-0.4, -0.2) is 19.1 Å². The largest absolute Gasteiger partial charge is 0.573 e. The van der Waals surface area contributed by atoms with Gasteiger partial charge in [0.25, 0.3) is 0 Å². The molecule has 0 unspecified atom stereocenters. The van der Waals surface area contributed by atoms with Crippen molar-refractivity contribution in [2.75, 3.05) is 6.54 Å². The molecule has 0 aliphatic rings. The summed E-state index contributed by atoms with van der Waals surface area (Å²) in [6.07, 6.45) is 3.18. The molecule has 0 spiro atoms. The van der Waals surface area contributed by atoms with Gasteiger partial charge in [-0.2, -0.15) is 0 Å². The van der Waals surface area contributed by atoms with Crippen LogP contribution in [0.5, 0.6) is 11.5 Å². The molecule has 0 fully saturated rings. The zero-order valence-corrected chi connectivity index (χ0v) is 17.1. The fourth-order valence-electron chi connectivity index (χ4n) is 2.63. The summed E-state index contributed by atoms with van der Waals surface area (Å²) in [6, 6.07) is 11.5. The van der Waals surface area contributed by atoms with Crippen LogP contribution in [0.2, 0.25) is 5.02 Å². The van der Waals surface area contributed by atoms with E-state index >= 15 is 0 Å². The Labute approximate surface area is 174 Å². The zero-order chi connectivity index (χ0) is 21.1. The molecule has 2 rings (SSSR count). The number of alkyl halides is 3. The second kappa shape index (κ2) is 11.7. The van der Waals surface area contributed by atoms with Crippen molar-refractivity contribution in [3.63, 3.8) is 0 Å². The monoisotopic (exact) mass is 427 g/mol. The first-order valence-electron chi connectivity index (χ1n) is 9.64. The Morgan fingerprint density at radius 2 is 1.72 bits per heavy atom. The average Bonchev–Trinajstić information content (AvgIpc) is 2.67. The lowest BCUT2D eigenvalue weighted by atomic mass is 10.1. The number of halogens is 4. The number of rotatable bonds is 11. The predicted octanol–water partition coefficient (Wildman–Crippen LogP) is 7.21. The summed E-state index contributed by atoms with van der Waals surface area (Å²) in [6.45, 7) is 3.21. The van der Waals surface area contributed by atoms with E-state index in [1.54, 1.807) is 0 Å². The first-order valence-corrected chi connectivity index (χ1v) is 10.0. The van der Waals surface area contributed by atoms with Gasteiger partial charge in [0.1, 0.15) is 18.1 Å². The van der Waals surface area contributed by atoms with Crippen LogP contribution in [0.1, 0.15) is 50.2 Å². The standard InChI is InChI=1S/C22H25ClF3NO2/c1-2-3-4-5-6-13-27-15-17-7-10-19(11-8-17)28-16-18-9-12-21(20(23)14-18)29-22(24,25)26/h7-12,14-15H,2-6,13,16H2,1H3/b27-15+. The molecular weight excluding hydrogens is 403 g/mol. The van der Waals surface area contributed by atoms with E-state index in [1.807, 2.05) is 30.5 Å². The Bertz CT molecular complexity index is 777. The Balaban J connectivity index is 1.79. The number of unbranched alkanes of at least 4 members (excludes halogenated alkanes) is 4. The van der Waals surface area contributed by atoms with Crippen molar-refractivity contribution in [2.45, 2.75) is 52.0 Å². The Morgan fingerprint density at radius 1 is 1.00 bits per heavy atom. The smallest absolute Gasteiger partial charge is 0.489 e. The molecule has 0 aromatic heterocycles. The minimum absolute atomic E-state index is 0.121. The van der Waals surface area contributed by atoms with Crippen LogP contribution in [0.25, 0.3) is 0 Å². The number of hydrogen-bond donors (Lipinski definition) is 0. The highest BCUT2D eigenvalue weighted by atomic mass is 35.5. The summed E-state index contributed by atoms with van der Waals surface area (Å²) in [5, 5.41) is -0.121. The third-order valence-corrected chi connectivity index (χ3v) is 4.43. The molecule has 0 bridgehead atoms. The molecule has 0 saturated heterocycles. The van der Waals surface area contributed by atoms with Gasteiger partial charge in [0.2, 0.25) is 0 Å². The van der Waals surface area contributed by atoms with Crippen LogP contribution < -0.4 is 9.47 Å². The van der Waals surface area contributed by atoms with Crippen molar-refractivity contribution < 1.29 is 22.6 Å². The summed E-state index contributed by atoms with van der Waals surface area (Å²) in [7, 11) is 0. The lowest BCUT2D eigenvalue weighted by Gasteiger charge is -2.12. The van der Waals surface area contributed by atoms with Crippen LogP contribution in [0, 0.1) is 0 Å². The van der Waals surface area contributed by atoms with Gasteiger partial charge in [0.15, 0.2) is 0 Å². The maximum atomic E-state index is 12.3. The molecule has 3 nitrogen and oxygen atoms in total. The fraction of sp³-hybridized carbons (Fsp3) is 0.409. The molecule has 0 aliphatic carbocycles. The zero-order valence-electron chi connectivity index (χ0n) is 16.3. The van der Waals surface area contributed by atoms with Gasteiger partial charge in [-0.1, -0.05) is 50.3 Å². The average molecular weight is 428 g/mol. The van der Waals surface area contributed by atoms with Gasteiger partial charge in [-0.15, -0.1) is 13.2 Å². The highest BCUT2D eigenvalue weighted by Gasteiger charge is 2.32. The minimum atomic E-state index is -4.78. The van der Waals surface area contributed by atoms with Gasteiger partial charge in [-0.25, -0.2) is 0 Å². The van der Waals surface area contributed by atoms with Crippen molar-refractivity contribution in [2.24, 2.45) is 4.99 Å². The molecule has 0 aliphatic heterocycles. The maximum absolute atomic E-state index is 12.3. The Kier molecular flexibility index (Phi) is 9.32. The van der Waals surface area contributed by atoms with E-state index in [4.69, 9.17) is 16.3 Å². The van der Waals surface area contributed by atoms with E-state index in [0.717, 1.165) is 18.5 Å². The van der Waals surface area contributed by atoms with E-state index in [1.165, 1.54) is 43.9 Å². The molecule has 2 aromatic rings. The summed E-state index contributed by atoms with van der Waals surface area (Å²) >= 11 is 5.84. The van der Waals surface area contributed by atoms with Crippen molar-refractivity contribution in [3.8, 4) is 11.5 Å². The summed E-state index contributed by atoms with van der Waals surface area (Å²) in [5.74, 6) is 0.213. The molecule has 7 heteroatoms. The van der Waals surface area contributed by atoms with Crippen LogP contribution >= 0.6 is 11.6 Å². The molecule has 0 saturated carbocycles. The lowest BCUT2D eigenvalue weighted by Crippen LogP contribution is -2.17. The van der Waals surface area contributed by atoms with Crippen molar-refractivity contribution in [1.82, 2.24) is 0 Å². The van der Waals surface area contributed by atoms with Gasteiger partial charge in [-0.3, -0.25) is 4.99 Å². The molecular formula is C22H25ClF3NO2. The number of hydrogen-bond acceptors (Lipinski definition) is 3. The molecule has 0 heterocycles. The van der Waals surface area contributed by atoms with Gasteiger partial charge in [0.05, 0.1) is 5.02 Å². The molecule has 0 amide bonds. The SMILES string of the molecule is CCCCCCC/N=C/c1ccc(OCc2ccc(OC(F)(F)F)c(Cl)c2)cc1. The first-order chi connectivity index (χ1) is 13.9. The van der Waals surface area contributed by atoms with E-state index in [2.05, 4.69) is 16.7 Å². The highest BCUT2D eigenvalue weighted by molar-refractivity contribution is 6.32. The quantitative estimate of drug-likeness (QED) is 0.280. The fourth-order valence-corrected chi connectivity index (χ4v) is 2.88. The van der Waals surface area contributed by atoms with Gasteiger partial charge < -0.3 is 9.47 Å². The molecule has 2 aromatic carbocycles. The molecule has 0 N–H and O–H groups in total. The van der Waals surface area contributed by atoms with Crippen LogP contribution in [0.3, 0.4) is 0 Å². The minimum Gasteiger partial charge on any atom is -0.489 e. The molecule has 158 valence electrons. The van der Waals surface area contributed by atoms with Gasteiger partial charge in [0, 0.05) is 12.8 Å². The lowest BCUT2D eigenvalue weighted by molar-refractivity contribution is -0.274. The van der Waals surface area contributed by atoms with Gasteiger partial charge >= 0.3 is 6.36 Å². The van der Waals surface area contributed by atoms with Crippen molar-refractivity contribution in [1.29, 1.82) is 0 Å². The normalized spacial score (nSPS) is 11.8. The molecule has 29 heavy (non-hydrogen) atoms. The maximum Gasteiger partial charge on any atom is 0.573 e. The number of nitrogens with zero attached hydrogens (tertiary/aromatic N) is 1. The van der Waals surface area contributed by atoms with Crippen molar-refractivity contribution in [3.05, 3.63) is 58.6 Å². The summed E-state index contributed by atoms with van der Waals surface area (Å²) < 4.78 is 46.3. The van der Waals surface area contributed by atoms with E-state index in [0.29, 0.717) is 11.3 Å². The van der Waals surface area contributed by atoms with Crippen molar-refractivity contribution >= 4 is 17.8 Å². The van der Waals surface area contributed by atoms with E-state index in [9.17, 15) is 13.2 Å². The number of benzene rings is 2. The second-order valence-electron chi connectivity index (χ2n) is 6.62. The highest BCUT2D eigenvalue weighted by Crippen LogP contribution is 2.31. The van der Waals surface area contributed by atoms with Crippen LogP contribution in [-0.2, 0) is 6.61 Å². The predicted molar refractivity (Wildman–Crippen MR) is 110 cm³/mol. The Hall–Kier alpha value is -2.21. The second-order valence-corrected chi connectivity index (χ2v) is 7.03. The van der Waals surface area contributed by atoms with Gasteiger partial charge in [-0.05, 0) is 53.9 Å². The van der Waals surface area contributed by atoms with E-state index in [-0.39, 0.29) is 11.6 Å². The molecule has 0 radical (unpaired) electrons. The number of aliphatic imine (C=N–C) groups is 1. The third-order valence-electron chi connectivity index (χ3n) is 4.14. The topological polar surface area (TPSA) is 30.8 Å². The summed E-state index contributed by atoms with van der Waals surface area (Å²) in [5.41, 5.74) is 1.63. The number of ether oxygens (including phenoxy) is 2. The summed E-state index contributed by atoms with van der Waals surface area (Å²) in [4.78, 5) is 4.43.